The van der Waals surface area contributed by atoms with Crippen LogP contribution in [0.2, 0.25) is 5.02 Å². The van der Waals surface area contributed by atoms with Gasteiger partial charge in [0.05, 0.1) is 17.5 Å². The summed E-state index contributed by atoms with van der Waals surface area (Å²) in [5.41, 5.74) is 1.39. The zero-order chi connectivity index (χ0) is 9.14. The molecule has 0 aliphatic carbocycles. The van der Waals surface area contributed by atoms with Crippen molar-refractivity contribution < 1.29 is 5.11 Å². The molecule has 0 bridgehead atoms. The van der Waals surface area contributed by atoms with E-state index in [1.54, 1.807) is 12.1 Å². The van der Waals surface area contributed by atoms with Crippen molar-refractivity contribution >= 4 is 11.6 Å². The van der Waals surface area contributed by atoms with Crippen LogP contribution in [0.15, 0.2) is 12.1 Å². The molecule has 0 unspecified atom stereocenters. The van der Waals surface area contributed by atoms with E-state index in [0.29, 0.717) is 10.6 Å². The van der Waals surface area contributed by atoms with Crippen LogP contribution in [0.1, 0.15) is 11.1 Å². The summed E-state index contributed by atoms with van der Waals surface area (Å²) < 4.78 is 0. The molecule has 0 saturated heterocycles. The molecule has 1 aromatic rings. The number of nitrogens with zero attached hydrogens (tertiary/aromatic N) is 1. The Hall–Kier alpha value is -1.20. The lowest BCUT2D eigenvalue weighted by Crippen LogP contribution is -1.87. The molecule has 0 spiro atoms. The molecular weight excluding hydrogens is 174 g/mol. The van der Waals surface area contributed by atoms with Crippen LogP contribution in [0.4, 0.5) is 0 Å². The Kier molecular flexibility index (Phi) is 2.57. The molecule has 0 saturated carbocycles. The Morgan fingerprint density at radius 3 is 2.83 bits per heavy atom. The van der Waals surface area contributed by atoms with Crippen LogP contribution < -0.4 is 0 Å². The highest BCUT2D eigenvalue weighted by Crippen LogP contribution is 2.28. The summed E-state index contributed by atoms with van der Waals surface area (Å²) >= 11 is 5.87. The van der Waals surface area contributed by atoms with E-state index in [1.807, 2.05) is 13.0 Å². The molecule has 1 N–H and O–H groups in total. The molecular formula is C9H8ClNO. The van der Waals surface area contributed by atoms with Crippen LogP contribution in [0.5, 0.6) is 5.75 Å². The summed E-state index contributed by atoms with van der Waals surface area (Å²) in [6.07, 6.45) is 0.145. The number of benzene rings is 1. The van der Waals surface area contributed by atoms with E-state index in [0.717, 1.165) is 5.56 Å². The number of phenolic OH excluding ortho intramolecular Hbond substituents is 1. The Morgan fingerprint density at radius 1 is 1.58 bits per heavy atom. The molecule has 0 heterocycles. The lowest BCUT2D eigenvalue weighted by molar-refractivity contribution is 0.470. The van der Waals surface area contributed by atoms with E-state index in [2.05, 4.69) is 0 Å². The zero-order valence-electron chi connectivity index (χ0n) is 6.63. The average molecular weight is 182 g/mol. The quantitative estimate of drug-likeness (QED) is 0.723. The van der Waals surface area contributed by atoms with Gasteiger partial charge in [-0.2, -0.15) is 5.26 Å². The van der Waals surface area contributed by atoms with Gasteiger partial charge in [-0.05, 0) is 18.6 Å². The smallest absolute Gasteiger partial charge is 0.121 e. The maximum Gasteiger partial charge on any atom is 0.121 e. The van der Waals surface area contributed by atoms with E-state index < -0.39 is 0 Å². The maximum atomic E-state index is 9.31. The molecule has 12 heavy (non-hydrogen) atoms. The predicted octanol–water partition coefficient (Wildman–Crippen LogP) is 2.42. The standard InChI is InChI=1S/C9H8ClNO/c1-6-2-3-8(12)7(4-5-11)9(6)10/h2-3,12H,4H2,1H3. The lowest BCUT2D eigenvalue weighted by Gasteiger charge is -2.04. The van der Waals surface area contributed by atoms with Crippen molar-refractivity contribution in [2.24, 2.45) is 0 Å². The highest BCUT2D eigenvalue weighted by Gasteiger charge is 2.07. The highest BCUT2D eigenvalue weighted by atomic mass is 35.5. The fourth-order valence-corrected chi connectivity index (χ4v) is 1.20. The van der Waals surface area contributed by atoms with Gasteiger partial charge in [0.25, 0.3) is 0 Å². The third kappa shape index (κ3) is 1.51. The highest BCUT2D eigenvalue weighted by molar-refractivity contribution is 6.32. The van der Waals surface area contributed by atoms with Crippen molar-refractivity contribution in [3.8, 4) is 11.8 Å². The molecule has 3 heteroatoms. The summed E-state index contributed by atoms with van der Waals surface area (Å²) in [6.45, 7) is 1.84. The maximum absolute atomic E-state index is 9.31. The molecule has 0 atom stereocenters. The van der Waals surface area contributed by atoms with E-state index >= 15 is 0 Å². The molecule has 0 amide bonds. The summed E-state index contributed by atoms with van der Waals surface area (Å²) in [7, 11) is 0. The van der Waals surface area contributed by atoms with Crippen LogP contribution >= 0.6 is 11.6 Å². The van der Waals surface area contributed by atoms with Crippen molar-refractivity contribution in [1.29, 1.82) is 5.26 Å². The zero-order valence-corrected chi connectivity index (χ0v) is 7.39. The molecule has 1 aromatic carbocycles. The van der Waals surface area contributed by atoms with Gasteiger partial charge < -0.3 is 5.11 Å². The number of phenols is 1. The van der Waals surface area contributed by atoms with Gasteiger partial charge in [-0.1, -0.05) is 17.7 Å². The van der Waals surface area contributed by atoms with Gasteiger partial charge in [0.2, 0.25) is 0 Å². The minimum absolute atomic E-state index is 0.0900. The van der Waals surface area contributed by atoms with Crippen molar-refractivity contribution in [2.75, 3.05) is 0 Å². The third-order valence-corrected chi connectivity index (χ3v) is 2.19. The average Bonchev–Trinajstić information content (AvgIpc) is 2.06. The Bertz CT molecular complexity index is 341. The van der Waals surface area contributed by atoms with Crippen LogP contribution in [-0.2, 0) is 6.42 Å². The van der Waals surface area contributed by atoms with Crippen LogP contribution in [-0.4, -0.2) is 5.11 Å². The van der Waals surface area contributed by atoms with Crippen LogP contribution in [0.3, 0.4) is 0 Å². The number of aromatic hydroxyl groups is 1. The second-order valence-electron chi connectivity index (χ2n) is 2.53. The van der Waals surface area contributed by atoms with Gasteiger partial charge in [0, 0.05) is 5.56 Å². The van der Waals surface area contributed by atoms with Gasteiger partial charge >= 0.3 is 0 Å². The minimum atomic E-state index is 0.0900. The Morgan fingerprint density at radius 2 is 2.25 bits per heavy atom. The Balaban J connectivity index is 3.25. The molecule has 0 aliphatic heterocycles. The van der Waals surface area contributed by atoms with E-state index in [-0.39, 0.29) is 12.2 Å². The van der Waals surface area contributed by atoms with Gasteiger partial charge in [0.1, 0.15) is 5.75 Å². The molecule has 0 fully saturated rings. The second kappa shape index (κ2) is 3.46. The molecule has 2 nitrogen and oxygen atoms in total. The first-order valence-electron chi connectivity index (χ1n) is 3.50. The molecule has 1 rings (SSSR count). The molecule has 62 valence electrons. The summed E-state index contributed by atoms with van der Waals surface area (Å²) in [4.78, 5) is 0. The number of rotatable bonds is 1. The fraction of sp³-hybridized carbons (Fsp3) is 0.222. The lowest BCUT2D eigenvalue weighted by atomic mass is 10.1. The fourth-order valence-electron chi connectivity index (χ4n) is 0.975. The minimum Gasteiger partial charge on any atom is -0.508 e. The van der Waals surface area contributed by atoms with Crippen molar-refractivity contribution in [3.63, 3.8) is 0 Å². The van der Waals surface area contributed by atoms with Crippen LogP contribution in [0.25, 0.3) is 0 Å². The number of hydrogen-bond acceptors (Lipinski definition) is 2. The number of aryl methyl sites for hydroxylation is 1. The largest absolute Gasteiger partial charge is 0.508 e. The first-order valence-corrected chi connectivity index (χ1v) is 3.88. The normalized spacial score (nSPS) is 9.42. The first-order chi connectivity index (χ1) is 5.66. The SMILES string of the molecule is Cc1ccc(O)c(CC#N)c1Cl. The van der Waals surface area contributed by atoms with Gasteiger partial charge in [-0.25, -0.2) is 0 Å². The summed E-state index contributed by atoms with van der Waals surface area (Å²) in [5.74, 6) is 0.0900. The van der Waals surface area contributed by atoms with Crippen molar-refractivity contribution in [3.05, 3.63) is 28.3 Å². The van der Waals surface area contributed by atoms with Gasteiger partial charge in [-0.15, -0.1) is 0 Å². The Labute approximate surface area is 76.0 Å². The number of halogens is 1. The van der Waals surface area contributed by atoms with Crippen molar-refractivity contribution in [2.45, 2.75) is 13.3 Å². The molecule has 0 aromatic heterocycles. The summed E-state index contributed by atoms with van der Waals surface area (Å²) in [5, 5.41) is 18.2. The van der Waals surface area contributed by atoms with E-state index in [1.165, 1.54) is 0 Å². The monoisotopic (exact) mass is 181 g/mol. The van der Waals surface area contributed by atoms with Crippen molar-refractivity contribution in [1.82, 2.24) is 0 Å². The van der Waals surface area contributed by atoms with E-state index in [4.69, 9.17) is 16.9 Å². The van der Waals surface area contributed by atoms with Gasteiger partial charge in [0.15, 0.2) is 0 Å². The number of nitriles is 1. The molecule has 0 aliphatic rings. The molecule has 0 radical (unpaired) electrons. The first kappa shape index (κ1) is 8.89. The third-order valence-electron chi connectivity index (χ3n) is 1.67. The summed E-state index contributed by atoms with van der Waals surface area (Å²) in [6, 6.07) is 5.22. The topological polar surface area (TPSA) is 44.0 Å². The van der Waals surface area contributed by atoms with Crippen LogP contribution in [0, 0.1) is 18.3 Å². The second-order valence-corrected chi connectivity index (χ2v) is 2.91. The number of hydrogen-bond donors (Lipinski definition) is 1. The predicted molar refractivity (Wildman–Crippen MR) is 47.2 cm³/mol. The van der Waals surface area contributed by atoms with Gasteiger partial charge in [-0.3, -0.25) is 0 Å². The van der Waals surface area contributed by atoms with E-state index in [9.17, 15) is 5.11 Å².